The van der Waals surface area contributed by atoms with Gasteiger partial charge in [-0.05, 0) is 64.4 Å². The van der Waals surface area contributed by atoms with Crippen molar-refractivity contribution in [2.45, 2.75) is 0 Å². The summed E-state index contributed by atoms with van der Waals surface area (Å²) < 4.78 is 4.94. The van der Waals surface area contributed by atoms with Crippen LogP contribution in [0.1, 0.15) is 0 Å². The van der Waals surface area contributed by atoms with E-state index in [-0.39, 0.29) is 0 Å². The normalized spacial score (nSPS) is 11.7. The Bertz CT molecular complexity index is 3510. The zero-order valence-electron chi connectivity index (χ0n) is 32.6. The molecule has 3 aromatic heterocycles. The summed E-state index contributed by atoms with van der Waals surface area (Å²) in [6.45, 7) is 0. The van der Waals surface area contributed by atoms with E-state index in [0.29, 0.717) is 5.82 Å². The summed E-state index contributed by atoms with van der Waals surface area (Å²) >= 11 is 0. The smallest absolute Gasteiger partial charge is 0.160 e. The van der Waals surface area contributed by atoms with Crippen LogP contribution in [0.3, 0.4) is 0 Å². The molecule has 12 rings (SSSR count). The molecular formula is C56H36N4. The van der Waals surface area contributed by atoms with Crippen LogP contribution in [0.15, 0.2) is 218 Å². The molecule has 9 aromatic carbocycles. The van der Waals surface area contributed by atoms with E-state index in [1.165, 1.54) is 43.5 Å². The van der Waals surface area contributed by atoms with Crippen LogP contribution in [0, 0.1) is 0 Å². The number of benzene rings is 9. The van der Waals surface area contributed by atoms with Crippen molar-refractivity contribution in [3.05, 3.63) is 218 Å². The van der Waals surface area contributed by atoms with Gasteiger partial charge in [0.05, 0.1) is 33.5 Å². The van der Waals surface area contributed by atoms with Crippen LogP contribution >= 0.6 is 0 Å². The number of para-hydroxylation sites is 1. The summed E-state index contributed by atoms with van der Waals surface area (Å²) in [5, 5.41) is 7.29. The molecule has 3 heterocycles. The molecule has 0 bridgehead atoms. The zero-order valence-corrected chi connectivity index (χ0v) is 32.6. The largest absolute Gasteiger partial charge is 0.307 e. The van der Waals surface area contributed by atoms with E-state index in [9.17, 15) is 0 Å². The van der Waals surface area contributed by atoms with E-state index < -0.39 is 0 Å². The molecule has 0 radical (unpaired) electrons. The zero-order chi connectivity index (χ0) is 39.6. The van der Waals surface area contributed by atoms with E-state index in [0.717, 1.165) is 61.4 Å². The van der Waals surface area contributed by atoms with Gasteiger partial charge in [-0.1, -0.05) is 176 Å². The maximum atomic E-state index is 5.25. The van der Waals surface area contributed by atoms with Crippen molar-refractivity contribution in [3.63, 3.8) is 0 Å². The SMILES string of the molecule is c1ccc(-c2cccc(-n3c4cc(-c5nc(-c6ccccc6)cc(-c6ccccc6)n5)ccc4c4ccc5c6c7ccccc7ccc6n(-c6ccccc6)c5c43)c2)cc1. The predicted octanol–water partition coefficient (Wildman–Crippen LogP) is 14.5. The second kappa shape index (κ2) is 13.8. The maximum absolute atomic E-state index is 5.25. The van der Waals surface area contributed by atoms with Gasteiger partial charge in [0.15, 0.2) is 5.82 Å². The molecule has 0 amide bonds. The topological polar surface area (TPSA) is 35.6 Å². The summed E-state index contributed by atoms with van der Waals surface area (Å²) in [4.78, 5) is 10.5. The van der Waals surface area contributed by atoms with Crippen LogP contribution in [0.5, 0.6) is 0 Å². The average molecular weight is 765 g/mol. The lowest BCUT2D eigenvalue weighted by Crippen LogP contribution is -1.99. The van der Waals surface area contributed by atoms with Gasteiger partial charge in [0, 0.05) is 49.6 Å². The fourth-order valence-electron chi connectivity index (χ4n) is 9.16. The number of nitrogens with zero attached hydrogens (tertiary/aromatic N) is 4. The number of rotatable bonds is 6. The maximum Gasteiger partial charge on any atom is 0.160 e. The molecule has 0 spiro atoms. The van der Waals surface area contributed by atoms with Crippen LogP contribution in [-0.2, 0) is 0 Å². The van der Waals surface area contributed by atoms with Gasteiger partial charge < -0.3 is 9.13 Å². The molecule has 12 aromatic rings. The Kier molecular flexibility index (Phi) is 7.82. The number of aromatic nitrogens is 4. The first kappa shape index (κ1) is 34.0. The minimum absolute atomic E-state index is 0.682. The summed E-state index contributed by atoms with van der Waals surface area (Å²) in [7, 11) is 0. The highest BCUT2D eigenvalue weighted by atomic mass is 15.0. The lowest BCUT2D eigenvalue weighted by atomic mass is 10.0. The first-order chi connectivity index (χ1) is 29.8. The lowest BCUT2D eigenvalue weighted by molar-refractivity contribution is 1.15. The van der Waals surface area contributed by atoms with Crippen LogP contribution in [0.2, 0.25) is 0 Å². The Morgan fingerprint density at radius 3 is 1.57 bits per heavy atom. The van der Waals surface area contributed by atoms with Gasteiger partial charge in [0.1, 0.15) is 0 Å². The van der Waals surface area contributed by atoms with Gasteiger partial charge in [-0.2, -0.15) is 0 Å². The molecule has 4 nitrogen and oxygen atoms in total. The molecule has 0 aliphatic rings. The predicted molar refractivity (Wildman–Crippen MR) is 250 cm³/mol. The third kappa shape index (κ3) is 5.46. The second-order valence-corrected chi connectivity index (χ2v) is 15.4. The highest BCUT2D eigenvalue weighted by Gasteiger charge is 2.23. The van der Waals surface area contributed by atoms with Crippen molar-refractivity contribution >= 4 is 54.4 Å². The van der Waals surface area contributed by atoms with Crippen LogP contribution < -0.4 is 0 Å². The Balaban J connectivity index is 1.21. The quantitative estimate of drug-likeness (QED) is 0.169. The summed E-state index contributed by atoms with van der Waals surface area (Å²) in [6.07, 6.45) is 0. The van der Waals surface area contributed by atoms with Crippen molar-refractivity contribution in [1.29, 1.82) is 0 Å². The number of fused-ring (bicyclic) bond motifs is 9. The van der Waals surface area contributed by atoms with E-state index in [4.69, 9.17) is 9.97 Å². The van der Waals surface area contributed by atoms with Gasteiger partial charge >= 0.3 is 0 Å². The molecule has 0 atom stereocenters. The Hall–Kier alpha value is -8.08. The van der Waals surface area contributed by atoms with E-state index in [1.807, 2.05) is 12.1 Å². The van der Waals surface area contributed by atoms with E-state index >= 15 is 0 Å². The highest BCUT2D eigenvalue weighted by Crippen LogP contribution is 2.44. The monoisotopic (exact) mass is 764 g/mol. The highest BCUT2D eigenvalue weighted by molar-refractivity contribution is 6.28. The van der Waals surface area contributed by atoms with Crippen molar-refractivity contribution in [2.75, 3.05) is 0 Å². The molecule has 60 heavy (non-hydrogen) atoms. The van der Waals surface area contributed by atoms with Crippen LogP contribution in [-0.4, -0.2) is 19.1 Å². The van der Waals surface area contributed by atoms with Gasteiger partial charge in [-0.3, -0.25) is 0 Å². The van der Waals surface area contributed by atoms with Crippen molar-refractivity contribution < 1.29 is 0 Å². The molecule has 0 unspecified atom stereocenters. The minimum atomic E-state index is 0.682. The van der Waals surface area contributed by atoms with Crippen molar-refractivity contribution in [3.8, 4) is 56.4 Å². The molecule has 0 aliphatic carbocycles. The minimum Gasteiger partial charge on any atom is -0.307 e. The fourth-order valence-corrected chi connectivity index (χ4v) is 9.16. The number of hydrogen-bond acceptors (Lipinski definition) is 2. The molecular weight excluding hydrogens is 729 g/mol. The van der Waals surface area contributed by atoms with Crippen molar-refractivity contribution in [2.24, 2.45) is 0 Å². The van der Waals surface area contributed by atoms with Crippen LogP contribution in [0.4, 0.5) is 0 Å². The van der Waals surface area contributed by atoms with Gasteiger partial charge in [0.25, 0.3) is 0 Å². The molecule has 4 heteroatoms. The van der Waals surface area contributed by atoms with Gasteiger partial charge in [-0.25, -0.2) is 9.97 Å². The van der Waals surface area contributed by atoms with Gasteiger partial charge in [-0.15, -0.1) is 0 Å². The molecule has 0 saturated heterocycles. The summed E-state index contributed by atoms with van der Waals surface area (Å²) in [5.41, 5.74) is 13.9. The Morgan fingerprint density at radius 2 is 0.850 bits per heavy atom. The standard InChI is InChI=1S/C56H36N4/c1-5-16-37(17-6-1)41-23-15-26-44(34-41)60-52-35-42(56-57-49(39-19-7-2-8-20-39)36-50(58-56)40-21-9-3-10-22-40)28-30-46(52)47-31-32-48-53-45-27-14-13-18-38(45)29-33-51(53)59(55(48)54(47)60)43-24-11-4-12-25-43/h1-36H. The first-order valence-corrected chi connectivity index (χ1v) is 20.4. The first-order valence-electron chi connectivity index (χ1n) is 20.4. The third-order valence-electron chi connectivity index (χ3n) is 11.9. The Labute approximate surface area is 346 Å². The van der Waals surface area contributed by atoms with E-state index in [1.54, 1.807) is 0 Å². The lowest BCUT2D eigenvalue weighted by Gasteiger charge is -2.14. The molecule has 0 N–H and O–H groups in total. The molecule has 0 saturated carbocycles. The molecule has 0 fully saturated rings. The van der Waals surface area contributed by atoms with Crippen molar-refractivity contribution in [1.82, 2.24) is 19.1 Å². The van der Waals surface area contributed by atoms with E-state index in [2.05, 4.69) is 215 Å². The summed E-state index contributed by atoms with van der Waals surface area (Å²) in [5.74, 6) is 0.682. The average Bonchev–Trinajstić information content (AvgIpc) is 3.85. The summed E-state index contributed by atoms with van der Waals surface area (Å²) in [6, 6.07) is 78.0. The Morgan fingerprint density at radius 1 is 0.300 bits per heavy atom. The fraction of sp³-hybridized carbons (Fsp3) is 0. The molecule has 0 aliphatic heterocycles. The third-order valence-corrected chi connectivity index (χ3v) is 11.9. The van der Waals surface area contributed by atoms with Gasteiger partial charge in [0.2, 0.25) is 0 Å². The second-order valence-electron chi connectivity index (χ2n) is 15.4. The molecule has 280 valence electrons. The number of hydrogen-bond donors (Lipinski definition) is 0. The van der Waals surface area contributed by atoms with Crippen LogP contribution in [0.25, 0.3) is 111 Å².